The topological polar surface area (TPSA) is 51.8 Å². The molecule has 0 aliphatic heterocycles. The highest BCUT2D eigenvalue weighted by Crippen LogP contribution is 2.35. The Hall–Kier alpha value is -0.810. The summed E-state index contributed by atoms with van der Waals surface area (Å²) in [6.45, 7) is 1.69. The highest BCUT2D eigenvalue weighted by Gasteiger charge is 2.34. The average Bonchev–Trinajstić information content (AvgIpc) is 2.65. The lowest BCUT2D eigenvalue weighted by Crippen LogP contribution is -2.35. The molecule has 1 heterocycles. The molecule has 0 unspecified atom stereocenters. The van der Waals surface area contributed by atoms with Gasteiger partial charge in [0, 0.05) is 5.69 Å². The molecule has 2 rings (SSSR count). The molecule has 96 valence electrons. The molecule has 2 N–H and O–H groups in total. The summed E-state index contributed by atoms with van der Waals surface area (Å²) >= 11 is 0. The second kappa shape index (κ2) is 5.23. The molecule has 1 aromatic heterocycles. The predicted octanol–water partition coefficient (Wildman–Crippen LogP) is 2.87. The van der Waals surface area contributed by atoms with Crippen LogP contribution < -0.4 is 5.73 Å². The van der Waals surface area contributed by atoms with Gasteiger partial charge in [0.2, 0.25) is 0 Å². The van der Waals surface area contributed by atoms with E-state index in [9.17, 15) is 8.78 Å². The normalized spacial score (nSPS) is 18.2. The first kappa shape index (κ1) is 14.3. The maximum atomic E-state index is 12.6. The molecule has 0 bridgehead atoms. The van der Waals surface area contributed by atoms with Crippen LogP contribution in [-0.4, -0.2) is 9.97 Å². The number of alkyl halides is 2. The Morgan fingerprint density at radius 3 is 2.41 bits per heavy atom. The van der Waals surface area contributed by atoms with Gasteiger partial charge in [0.15, 0.2) is 0 Å². The molecular formula is C11H16ClF2N3. The fourth-order valence-corrected chi connectivity index (χ4v) is 2.16. The lowest BCUT2D eigenvalue weighted by Gasteiger charge is -2.22. The van der Waals surface area contributed by atoms with E-state index < -0.39 is 12.0 Å². The van der Waals surface area contributed by atoms with Crippen LogP contribution in [0.15, 0.2) is 6.07 Å². The predicted molar refractivity (Wildman–Crippen MR) is 63.3 cm³/mol. The summed E-state index contributed by atoms with van der Waals surface area (Å²) in [5.41, 5.74) is 5.88. The van der Waals surface area contributed by atoms with Crippen molar-refractivity contribution < 1.29 is 8.78 Å². The summed E-state index contributed by atoms with van der Waals surface area (Å²) in [5.74, 6) is 0.375. The Labute approximate surface area is 105 Å². The Morgan fingerprint density at radius 1 is 1.29 bits per heavy atom. The van der Waals surface area contributed by atoms with E-state index in [1.54, 1.807) is 6.92 Å². The molecule has 0 spiro atoms. The SMILES string of the molecule is Cc1cc(C(F)F)nc(C2(N)CCCC2)n1.Cl. The smallest absolute Gasteiger partial charge is 0.280 e. The summed E-state index contributed by atoms with van der Waals surface area (Å²) in [6.07, 6.45) is 1.01. The Morgan fingerprint density at radius 2 is 1.88 bits per heavy atom. The number of nitrogens with two attached hydrogens (primary N) is 1. The van der Waals surface area contributed by atoms with Crippen LogP contribution in [0.1, 0.15) is 49.3 Å². The van der Waals surface area contributed by atoms with E-state index >= 15 is 0 Å². The first-order valence-corrected chi connectivity index (χ1v) is 5.44. The summed E-state index contributed by atoms with van der Waals surface area (Å²) in [5, 5.41) is 0. The lowest BCUT2D eigenvalue weighted by molar-refractivity contribution is 0.145. The number of halogens is 3. The van der Waals surface area contributed by atoms with Crippen molar-refractivity contribution in [2.45, 2.75) is 44.6 Å². The van der Waals surface area contributed by atoms with Gasteiger partial charge in [-0.05, 0) is 25.8 Å². The van der Waals surface area contributed by atoms with E-state index in [4.69, 9.17) is 5.73 Å². The number of rotatable bonds is 2. The quantitative estimate of drug-likeness (QED) is 0.893. The van der Waals surface area contributed by atoms with Crippen molar-refractivity contribution in [2.24, 2.45) is 5.73 Å². The maximum absolute atomic E-state index is 12.6. The molecule has 0 amide bonds. The minimum absolute atomic E-state index is 0. The van der Waals surface area contributed by atoms with Gasteiger partial charge in [-0.25, -0.2) is 18.7 Å². The van der Waals surface area contributed by atoms with Crippen molar-refractivity contribution in [3.05, 3.63) is 23.3 Å². The van der Waals surface area contributed by atoms with Gasteiger partial charge in [-0.3, -0.25) is 0 Å². The monoisotopic (exact) mass is 263 g/mol. The zero-order valence-corrected chi connectivity index (χ0v) is 10.4. The van der Waals surface area contributed by atoms with Gasteiger partial charge >= 0.3 is 0 Å². The van der Waals surface area contributed by atoms with E-state index in [0.29, 0.717) is 11.5 Å². The van der Waals surface area contributed by atoms with E-state index in [2.05, 4.69) is 9.97 Å². The molecule has 0 saturated heterocycles. The van der Waals surface area contributed by atoms with Crippen molar-refractivity contribution >= 4 is 12.4 Å². The Balaban J connectivity index is 0.00000144. The van der Waals surface area contributed by atoms with Gasteiger partial charge in [-0.1, -0.05) is 12.8 Å². The molecule has 0 radical (unpaired) electrons. The number of aromatic nitrogens is 2. The van der Waals surface area contributed by atoms with Crippen LogP contribution in [0.25, 0.3) is 0 Å². The third-order valence-corrected chi connectivity index (χ3v) is 3.04. The molecule has 1 saturated carbocycles. The molecule has 3 nitrogen and oxygen atoms in total. The van der Waals surface area contributed by atoms with Crippen molar-refractivity contribution in [1.82, 2.24) is 9.97 Å². The van der Waals surface area contributed by atoms with Crippen LogP contribution in [0.3, 0.4) is 0 Å². The number of hydrogen-bond acceptors (Lipinski definition) is 3. The molecule has 1 aromatic rings. The number of aryl methyl sites for hydroxylation is 1. The van der Waals surface area contributed by atoms with Gasteiger partial charge < -0.3 is 5.73 Å². The molecule has 1 aliphatic rings. The summed E-state index contributed by atoms with van der Waals surface area (Å²) in [7, 11) is 0. The highest BCUT2D eigenvalue weighted by molar-refractivity contribution is 5.85. The minimum atomic E-state index is -2.56. The van der Waals surface area contributed by atoms with E-state index in [1.807, 2.05) is 0 Å². The maximum Gasteiger partial charge on any atom is 0.280 e. The van der Waals surface area contributed by atoms with Crippen LogP contribution >= 0.6 is 12.4 Å². The van der Waals surface area contributed by atoms with Crippen molar-refractivity contribution in [2.75, 3.05) is 0 Å². The third kappa shape index (κ3) is 2.90. The molecule has 17 heavy (non-hydrogen) atoms. The van der Waals surface area contributed by atoms with E-state index in [0.717, 1.165) is 25.7 Å². The van der Waals surface area contributed by atoms with Crippen LogP contribution in [0, 0.1) is 6.92 Å². The summed E-state index contributed by atoms with van der Waals surface area (Å²) in [6, 6.07) is 1.31. The standard InChI is InChI=1S/C11H15F2N3.ClH/c1-7-6-8(9(12)13)16-10(15-7)11(14)4-2-3-5-11;/h6,9H,2-5,14H2,1H3;1H. The van der Waals surface area contributed by atoms with Gasteiger partial charge in [-0.2, -0.15) is 0 Å². The van der Waals surface area contributed by atoms with Crippen LogP contribution in [-0.2, 0) is 5.54 Å². The minimum Gasteiger partial charge on any atom is -0.319 e. The number of hydrogen-bond donors (Lipinski definition) is 1. The molecule has 1 aliphatic carbocycles. The molecule has 0 aromatic carbocycles. The van der Waals surface area contributed by atoms with Crippen molar-refractivity contribution in [1.29, 1.82) is 0 Å². The molecule has 1 fully saturated rings. The van der Waals surface area contributed by atoms with E-state index in [-0.39, 0.29) is 18.1 Å². The Kier molecular flexibility index (Phi) is 4.38. The van der Waals surface area contributed by atoms with Gasteiger partial charge in [0.25, 0.3) is 6.43 Å². The average molecular weight is 264 g/mol. The largest absolute Gasteiger partial charge is 0.319 e. The summed E-state index contributed by atoms with van der Waals surface area (Å²) < 4.78 is 25.2. The van der Waals surface area contributed by atoms with Crippen LogP contribution in [0.2, 0.25) is 0 Å². The van der Waals surface area contributed by atoms with Gasteiger partial charge in [-0.15, -0.1) is 12.4 Å². The molecular weight excluding hydrogens is 248 g/mol. The van der Waals surface area contributed by atoms with Gasteiger partial charge in [0.05, 0.1) is 5.54 Å². The van der Waals surface area contributed by atoms with Crippen LogP contribution in [0.4, 0.5) is 8.78 Å². The second-order valence-electron chi connectivity index (χ2n) is 4.42. The van der Waals surface area contributed by atoms with Gasteiger partial charge in [0.1, 0.15) is 11.5 Å². The zero-order chi connectivity index (χ0) is 11.8. The summed E-state index contributed by atoms with van der Waals surface area (Å²) in [4.78, 5) is 8.10. The third-order valence-electron chi connectivity index (χ3n) is 3.04. The zero-order valence-electron chi connectivity index (χ0n) is 9.62. The Bertz CT molecular complexity index is 392. The fourth-order valence-electron chi connectivity index (χ4n) is 2.16. The highest BCUT2D eigenvalue weighted by atomic mass is 35.5. The fraction of sp³-hybridized carbons (Fsp3) is 0.636. The van der Waals surface area contributed by atoms with E-state index in [1.165, 1.54) is 6.07 Å². The first-order chi connectivity index (χ1) is 7.51. The number of nitrogens with zero attached hydrogens (tertiary/aromatic N) is 2. The first-order valence-electron chi connectivity index (χ1n) is 5.44. The lowest BCUT2D eigenvalue weighted by atomic mass is 9.98. The van der Waals surface area contributed by atoms with Crippen LogP contribution in [0.5, 0.6) is 0 Å². The van der Waals surface area contributed by atoms with Crippen molar-refractivity contribution in [3.8, 4) is 0 Å². The molecule has 0 atom stereocenters. The molecule has 6 heteroatoms. The van der Waals surface area contributed by atoms with Crippen molar-refractivity contribution in [3.63, 3.8) is 0 Å². The second-order valence-corrected chi connectivity index (χ2v) is 4.42.